The quantitative estimate of drug-likeness (QED) is 0.460. The molecule has 0 saturated heterocycles. The number of carbonyl (C=O) groups excluding carboxylic acids is 1. The lowest BCUT2D eigenvalue weighted by Crippen LogP contribution is -2.16. The van der Waals surface area contributed by atoms with Crippen LogP contribution >= 0.6 is 0 Å². The average molecular weight is 372 g/mol. The molecular weight excluding hydrogens is 342 g/mol. The predicted molar refractivity (Wildman–Crippen MR) is 118 cm³/mol. The molecule has 3 rings (SSSR count). The zero-order valence-corrected chi connectivity index (χ0v) is 17.2. The lowest BCUT2D eigenvalue weighted by atomic mass is 9.94. The molecule has 0 aliphatic carbocycles. The molecule has 1 unspecified atom stereocenters. The molecule has 0 aliphatic heterocycles. The van der Waals surface area contributed by atoms with Crippen LogP contribution in [-0.4, -0.2) is 5.78 Å². The van der Waals surface area contributed by atoms with E-state index in [2.05, 4.69) is 74.6 Å². The molecule has 0 amide bonds. The minimum absolute atomic E-state index is 0.0716. The number of benzene rings is 3. The second-order valence-corrected chi connectivity index (χ2v) is 7.88. The normalized spacial score (nSPS) is 12.0. The van der Waals surface area contributed by atoms with Gasteiger partial charge in [-0.3, -0.25) is 4.79 Å². The van der Waals surface area contributed by atoms with E-state index in [0.717, 1.165) is 22.4 Å². The number of hydrogen-bond donors (Lipinski definition) is 1. The molecule has 0 bridgehead atoms. The summed E-state index contributed by atoms with van der Waals surface area (Å²) in [6.07, 6.45) is 0.415. The fraction of sp³-hybridized carbons (Fsp3) is 0.269. The van der Waals surface area contributed by atoms with Crippen LogP contribution in [0.3, 0.4) is 0 Å². The van der Waals surface area contributed by atoms with Crippen molar-refractivity contribution in [3.8, 4) is 0 Å². The molecular formula is C26H29NO. The molecule has 3 aromatic carbocycles. The van der Waals surface area contributed by atoms with Crippen molar-refractivity contribution in [2.75, 3.05) is 5.32 Å². The van der Waals surface area contributed by atoms with Gasteiger partial charge in [0.05, 0.1) is 6.04 Å². The standard InChI is InChI=1S/C26H29NO/c1-18(2)21-11-13-22(14-12-21)25(27-24-15-7-20(4)8-16-24)17-26(28)23-9-5-19(3)6-10-23/h5-16,18,25,27H,17H2,1-4H3. The molecule has 0 aliphatic rings. The first kappa shape index (κ1) is 19.9. The second kappa shape index (κ2) is 8.88. The van der Waals surface area contributed by atoms with E-state index >= 15 is 0 Å². The number of ketones is 1. The van der Waals surface area contributed by atoms with Crippen LogP contribution in [0.15, 0.2) is 72.8 Å². The van der Waals surface area contributed by atoms with E-state index < -0.39 is 0 Å². The Hall–Kier alpha value is -2.87. The smallest absolute Gasteiger partial charge is 0.165 e. The Labute approximate surface area is 168 Å². The van der Waals surface area contributed by atoms with Crippen molar-refractivity contribution in [3.05, 3.63) is 101 Å². The van der Waals surface area contributed by atoms with Crippen molar-refractivity contribution in [1.29, 1.82) is 0 Å². The maximum atomic E-state index is 12.9. The molecule has 144 valence electrons. The number of hydrogen-bond acceptors (Lipinski definition) is 2. The van der Waals surface area contributed by atoms with Gasteiger partial charge in [0.15, 0.2) is 5.78 Å². The lowest BCUT2D eigenvalue weighted by Gasteiger charge is -2.21. The fourth-order valence-electron chi connectivity index (χ4n) is 3.26. The molecule has 2 heteroatoms. The Balaban J connectivity index is 1.85. The van der Waals surface area contributed by atoms with E-state index in [1.54, 1.807) is 0 Å². The minimum Gasteiger partial charge on any atom is -0.378 e. The summed E-state index contributed by atoms with van der Waals surface area (Å²) in [5.74, 6) is 0.643. The van der Waals surface area contributed by atoms with Crippen LogP contribution in [-0.2, 0) is 0 Å². The molecule has 0 aromatic heterocycles. The zero-order chi connectivity index (χ0) is 20.1. The zero-order valence-electron chi connectivity index (χ0n) is 17.2. The first-order chi connectivity index (χ1) is 13.4. The molecule has 0 radical (unpaired) electrons. The summed E-state index contributed by atoms with van der Waals surface area (Å²) < 4.78 is 0. The molecule has 1 N–H and O–H groups in total. The van der Waals surface area contributed by atoms with Gasteiger partial charge < -0.3 is 5.32 Å². The summed E-state index contributed by atoms with van der Waals surface area (Å²) in [4.78, 5) is 12.9. The molecule has 1 atom stereocenters. The van der Waals surface area contributed by atoms with Crippen LogP contribution in [0.5, 0.6) is 0 Å². The summed E-state index contributed by atoms with van der Waals surface area (Å²) in [6, 6.07) is 24.7. The number of rotatable bonds is 7. The Kier molecular flexibility index (Phi) is 6.30. The average Bonchev–Trinajstić information content (AvgIpc) is 2.69. The fourth-order valence-corrected chi connectivity index (χ4v) is 3.26. The van der Waals surface area contributed by atoms with Crippen molar-refractivity contribution in [3.63, 3.8) is 0 Å². The van der Waals surface area contributed by atoms with Crippen LogP contribution in [0.4, 0.5) is 5.69 Å². The van der Waals surface area contributed by atoms with Gasteiger partial charge in [-0.1, -0.05) is 85.6 Å². The van der Waals surface area contributed by atoms with E-state index in [0.29, 0.717) is 12.3 Å². The third-order valence-electron chi connectivity index (χ3n) is 5.16. The van der Waals surface area contributed by atoms with E-state index in [-0.39, 0.29) is 11.8 Å². The Morgan fingerprint density at radius 1 is 0.750 bits per heavy atom. The first-order valence-electron chi connectivity index (χ1n) is 9.95. The highest BCUT2D eigenvalue weighted by molar-refractivity contribution is 5.96. The minimum atomic E-state index is -0.0716. The largest absolute Gasteiger partial charge is 0.378 e. The van der Waals surface area contributed by atoms with Gasteiger partial charge in [-0.25, -0.2) is 0 Å². The molecule has 0 saturated carbocycles. The molecule has 0 spiro atoms. The summed E-state index contributed by atoms with van der Waals surface area (Å²) in [5, 5.41) is 3.56. The van der Waals surface area contributed by atoms with Gasteiger partial charge in [-0.2, -0.15) is 0 Å². The highest BCUT2D eigenvalue weighted by Crippen LogP contribution is 2.26. The summed E-state index contributed by atoms with van der Waals surface area (Å²) in [6.45, 7) is 8.50. The van der Waals surface area contributed by atoms with Gasteiger partial charge in [0.2, 0.25) is 0 Å². The monoisotopic (exact) mass is 371 g/mol. The van der Waals surface area contributed by atoms with E-state index in [9.17, 15) is 4.79 Å². The Morgan fingerprint density at radius 2 is 1.25 bits per heavy atom. The topological polar surface area (TPSA) is 29.1 Å². The van der Waals surface area contributed by atoms with Crippen molar-refractivity contribution >= 4 is 11.5 Å². The predicted octanol–water partition coefficient (Wildman–Crippen LogP) is 6.85. The lowest BCUT2D eigenvalue weighted by molar-refractivity contribution is 0.0976. The number of anilines is 1. The van der Waals surface area contributed by atoms with Gasteiger partial charge in [-0.15, -0.1) is 0 Å². The molecule has 28 heavy (non-hydrogen) atoms. The van der Waals surface area contributed by atoms with Crippen LogP contribution in [0.25, 0.3) is 0 Å². The first-order valence-corrected chi connectivity index (χ1v) is 9.95. The third-order valence-corrected chi connectivity index (χ3v) is 5.16. The van der Waals surface area contributed by atoms with Crippen molar-refractivity contribution < 1.29 is 4.79 Å². The number of aryl methyl sites for hydroxylation is 2. The highest BCUT2D eigenvalue weighted by atomic mass is 16.1. The Morgan fingerprint density at radius 3 is 1.79 bits per heavy atom. The SMILES string of the molecule is Cc1ccc(NC(CC(=O)c2ccc(C)cc2)c2ccc(C(C)C)cc2)cc1. The van der Waals surface area contributed by atoms with Crippen LogP contribution in [0.2, 0.25) is 0 Å². The van der Waals surface area contributed by atoms with Crippen molar-refractivity contribution in [2.24, 2.45) is 0 Å². The van der Waals surface area contributed by atoms with Gasteiger partial charge >= 0.3 is 0 Å². The van der Waals surface area contributed by atoms with Gasteiger partial charge in [-0.05, 0) is 43.0 Å². The molecule has 0 heterocycles. The third kappa shape index (κ3) is 5.10. The summed E-state index contributed by atoms with van der Waals surface area (Å²) in [5.41, 5.74) is 6.61. The van der Waals surface area contributed by atoms with Crippen molar-refractivity contribution in [2.45, 2.75) is 46.1 Å². The van der Waals surface area contributed by atoms with Crippen LogP contribution in [0.1, 0.15) is 64.8 Å². The van der Waals surface area contributed by atoms with Crippen molar-refractivity contribution in [1.82, 2.24) is 0 Å². The van der Waals surface area contributed by atoms with Gasteiger partial charge in [0, 0.05) is 17.7 Å². The molecule has 2 nitrogen and oxygen atoms in total. The van der Waals surface area contributed by atoms with Crippen LogP contribution in [0, 0.1) is 13.8 Å². The van der Waals surface area contributed by atoms with Crippen LogP contribution < -0.4 is 5.32 Å². The number of Topliss-reactive ketones (excluding diaryl/α,β-unsaturated/α-hetero) is 1. The second-order valence-electron chi connectivity index (χ2n) is 7.88. The summed E-state index contributed by atoms with van der Waals surface area (Å²) in [7, 11) is 0. The molecule has 3 aromatic rings. The number of carbonyl (C=O) groups is 1. The maximum absolute atomic E-state index is 12.9. The number of nitrogens with one attached hydrogen (secondary N) is 1. The van der Waals surface area contributed by atoms with Gasteiger partial charge in [0.25, 0.3) is 0 Å². The van der Waals surface area contributed by atoms with E-state index in [4.69, 9.17) is 0 Å². The van der Waals surface area contributed by atoms with E-state index in [1.165, 1.54) is 11.1 Å². The Bertz CT molecular complexity index is 906. The van der Waals surface area contributed by atoms with Gasteiger partial charge in [0.1, 0.15) is 0 Å². The highest BCUT2D eigenvalue weighted by Gasteiger charge is 2.18. The summed E-state index contributed by atoms with van der Waals surface area (Å²) >= 11 is 0. The maximum Gasteiger partial charge on any atom is 0.165 e. The molecule has 0 fully saturated rings. The van der Waals surface area contributed by atoms with E-state index in [1.807, 2.05) is 31.2 Å².